The SMILES string of the molecule is CCC(CC)C(N)CNC(=O)C1CCCCS1(=O)=O. The Morgan fingerprint density at radius 3 is 2.47 bits per heavy atom. The quantitative estimate of drug-likeness (QED) is 0.758. The van der Waals surface area contributed by atoms with Gasteiger partial charge in [0.15, 0.2) is 9.84 Å². The molecule has 1 amide bonds. The molecule has 0 aromatic rings. The number of sulfone groups is 1. The van der Waals surface area contributed by atoms with Gasteiger partial charge in [0.1, 0.15) is 5.25 Å². The lowest BCUT2D eigenvalue weighted by Crippen LogP contribution is -2.48. The maximum Gasteiger partial charge on any atom is 0.238 e. The predicted molar refractivity (Wildman–Crippen MR) is 76.5 cm³/mol. The van der Waals surface area contributed by atoms with Crippen LogP contribution >= 0.6 is 0 Å². The number of amides is 1. The van der Waals surface area contributed by atoms with Gasteiger partial charge in [0.05, 0.1) is 5.75 Å². The number of hydrogen-bond acceptors (Lipinski definition) is 4. The third kappa shape index (κ3) is 4.45. The van der Waals surface area contributed by atoms with Crippen molar-refractivity contribution in [2.75, 3.05) is 12.3 Å². The molecule has 0 radical (unpaired) electrons. The molecule has 1 rings (SSSR count). The lowest BCUT2D eigenvalue weighted by atomic mass is 9.95. The molecule has 1 aliphatic heterocycles. The maximum atomic E-state index is 12.0. The Kier molecular flexibility index (Phi) is 6.26. The molecule has 0 bridgehead atoms. The second-order valence-corrected chi connectivity index (χ2v) is 7.64. The zero-order valence-electron chi connectivity index (χ0n) is 11.9. The molecule has 1 fully saturated rings. The lowest BCUT2D eigenvalue weighted by molar-refractivity contribution is -0.121. The lowest BCUT2D eigenvalue weighted by Gasteiger charge is -2.24. The second-order valence-electron chi connectivity index (χ2n) is 5.34. The minimum absolute atomic E-state index is 0.106. The van der Waals surface area contributed by atoms with Crippen molar-refractivity contribution < 1.29 is 13.2 Å². The van der Waals surface area contributed by atoms with Crippen LogP contribution in [0, 0.1) is 5.92 Å². The molecule has 19 heavy (non-hydrogen) atoms. The van der Waals surface area contributed by atoms with Gasteiger partial charge in [-0.15, -0.1) is 0 Å². The first-order valence-electron chi connectivity index (χ1n) is 7.17. The third-order valence-corrected chi connectivity index (χ3v) is 6.21. The molecule has 1 saturated heterocycles. The van der Waals surface area contributed by atoms with E-state index in [2.05, 4.69) is 19.2 Å². The Labute approximate surface area is 116 Å². The summed E-state index contributed by atoms with van der Waals surface area (Å²) in [6, 6.07) is -0.106. The minimum Gasteiger partial charge on any atom is -0.353 e. The van der Waals surface area contributed by atoms with E-state index in [9.17, 15) is 13.2 Å². The van der Waals surface area contributed by atoms with Crippen LogP contribution in [0.5, 0.6) is 0 Å². The summed E-state index contributed by atoms with van der Waals surface area (Å²) < 4.78 is 23.6. The molecule has 0 saturated carbocycles. The zero-order chi connectivity index (χ0) is 14.5. The Morgan fingerprint density at radius 2 is 1.95 bits per heavy atom. The van der Waals surface area contributed by atoms with E-state index in [1.165, 1.54) is 0 Å². The Balaban J connectivity index is 2.51. The molecule has 1 aliphatic rings. The first kappa shape index (κ1) is 16.4. The summed E-state index contributed by atoms with van der Waals surface area (Å²) >= 11 is 0. The molecule has 5 nitrogen and oxygen atoms in total. The molecule has 2 unspecified atom stereocenters. The highest BCUT2D eigenvalue weighted by atomic mass is 32.2. The van der Waals surface area contributed by atoms with E-state index >= 15 is 0 Å². The van der Waals surface area contributed by atoms with Gasteiger partial charge in [-0.2, -0.15) is 0 Å². The van der Waals surface area contributed by atoms with Crippen LogP contribution in [0.4, 0.5) is 0 Å². The van der Waals surface area contributed by atoms with Crippen LogP contribution in [-0.2, 0) is 14.6 Å². The van der Waals surface area contributed by atoms with Gasteiger partial charge < -0.3 is 11.1 Å². The molecule has 1 heterocycles. The topological polar surface area (TPSA) is 89.3 Å². The molecule has 0 aliphatic carbocycles. The molecular formula is C13H26N2O3S. The molecule has 2 atom stereocenters. The summed E-state index contributed by atoms with van der Waals surface area (Å²) in [5, 5.41) is 1.85. The fraction of sp³-hybridized carbons (Fsp3) is 0.923. The van der Waals surface area contributed by atoms with E-state index in [1.807, 2.05) is 0 Å². The second kappa shape index (κ2) is 7.24. The Hall–Kier alpha value is -0.620. The van der Waals surface area contributed by atoms with Gasteiger partial charge in [-0.25, -0.2) is 8.42 Å². The van der Waals surface area contributed by atoms with Crippen LogP contribution in [0.25, 0.3) is 0 Å². The van der Waals surface area contributed by atoms with Crippen molar-refractivity contribution in [2.45, 2.75) is 57.2 Å². The summed E-state index contributed by atoms with van der Waals surface area (Å²) in [6.45, 7) is 4.50. The van der Waals surface area contributed by atoms with Gasteiger partial charge in [0, 0.05) is 12.6 Å². The number of carbonyl (C=O) groups is 1. The standard InChI is InChI=1S/C13H26N2O3S/c1-3-10(4-2)11(14)9-15-13(16)12-7-5-6-8-19(12,17)18/h10-12H,3-9,14H2,1-2H3,(H,15,16). The molecule has 0 aromatic carbocycles. The molecule has 112 valence electrons. The number of rotatable bonds is 6. The van der Waals surface area contributed by atoms with Gasteiger partial charge in [0.2, 0.25) is 5.91 Å². The third-order valence-electron chi connectivity index (χ3n) is 4.04. The van der Waals surface area contributed by atoms with Gasteiger partial charge in [0.25, 0.3) is 0 Å². The first-order valence-corrected chi connectivity index (χ1v) is 8.88. The normalized spacial score (nSPS) is 24.1. The van der Waals surface area contributed by atoms with Gasteiger partial charge in [-0.3, -0.25) is 4.79 Å². The van der Waals surface area contributed by atoms with Crippen molar-refractivity contribution in [2.24, 2.45) is 11.7 Å². The van der Waals surface area contributed by atoms with Crippen LogP contribution in [-0.4, -0.2) is 37.9 Å². The molecule has 0 spiro atoms. The van der Waals surface area contributed by atoms with E-state index in [-0.39, 0.29) is 17.7 Å². The minimum atomic E-state index is -3.25. The van der Waals surface area contributed by atoms with Crippen molar-refractivity contribution in [3.8, 4) is 0 Å². The van der Waals surface area contributed by atoms with Crippen molar-refractivity contribution in [1.29, 1.82) is 0 Å². The Bertz CT molecular complexity index is 391. The number of carbonyl (C=O) groups excluding carboxylic acids is 1. The number of hydrogen-bond donors (Lipinski definition) is 2. The van der Waals surface area contributed by atoms with Crippen LogP contribution in [0.3, 0.4) is 0 Å². The first-order chi connectivity index (χ1) is 8.92. The summed E-state index contributed by atoms with van der Waals surface area (Å²) in [6.07, 6.45) is 3.84. The zero-order valence-corrected chi connectivity index (χ0v) is 12.7. The Morgan fingerprint density at radius 1 is 1.32 bits per heavy atom. The van der Waals surface area contributed by atoms with Crippen molar-refractivity contribution in [3.05, 3.63) is 0 Å². The van der Waals surface area contributed by atoms with E-state index in [0.29, 0.717) is 25.3 Å². The van der Waals surface area contributed by atoms with E-state index in [0.717, 1.165) is 19.3 Å². The summed E-state index contributed by atoms with van der Waals surface area (Å²) in [7, 11) is -3.25. The maximum absolute atomic E-state index is 12.0. The predicted octanol–water partition coefficient (Wildman–Crippen LogP) is 0.833. The molecular weight excluding hydrogens is 264 g/mol. The monoisotopic (exact) mass is 290 g/mol. The van der Waals surface area contributed by atoms with Crippen LogP contribution in [0.2, 0.25) is 0 Å². The fourth-order valence-corrected chi connectivity index (χ4v) is 4.47. The fourth-order valence-electron chi connectivity index (χ4n) is 2.64. The highest BCUT2D eigenvalue weighted by Crippen LogP contribution is 2.19. The van der Waals surface area contributed by atoms with Gasteiger partial charge >= 0.3 is 0 Å². The van der Waals surface area contributed by atoms with Crippen molar-refractivity contribution >= 4 is 15.7 Å². The van der Waals surface area contributed by atoms with E-state index < -0.39 is 15.1 Å². The molecule has 0 aromatic heterocycles. The van der Waals surface area contributed by atoms with E-state index in [4.69, 9.17) is 5.73 Å². The largest absolute Gasteiger partial charge is 0.353 e. The van der Waals surface area contributed by atoms with Crippen LogP contribution in [0.1, 0.15) is 46.0 Å². The summed E-state index contributed by atoms with van der Waals surface area (Å²) in [5.74, 6) is 0.119. The highest BCUT2D eigenvalue weighted by molar-refractivity contribution is 7.92. The average molecular weight is 290 g/mol. The summed E-state index contributed by atoms with van der Waals surface area (Å²) in [5.41, 5.74) is 6.02. The highest BCUT2D eigenvalue weighted by Gasteiger charge is 2.34. The summed E-state index contributed by atoms with van der Waals surface area (Å²) in [4.78, 5) is 12.0. The molecule has 3 N–H and O–H groups in total. The van der Waals surface area contributed by atoms with Crippen molar-refractivity contribution in [3.63, 3.8) is 0 Å². The van der Waals surface area contributed by atoms with Crippen molar-refractivity contribution in [1.82, 2.24) is 5.32 Å². The van der Waals surface area contributed by atoms with Gasteiger partial charge in [-0.1, -0.05) is 33.1 Å². The number of nitrogens with one attached hydrogen (secondary N) is 1. The number of nitrogens with two attached hydrogens (primary N) is 1. The van der Waals surface area contributed by atoms with E-state index in [1.54, 1.807) is 0 Å². The average Bonchev–Trinajstić information content (AvgIpc) is 2.37. The van der Waals surface area contributed by atoms with Crippen LogP contribution < -0.4 is 11.1 Å². The van der Waals surface area contributed by atoms with Crippen LogP contribution in [0.15, 0.2) is 0 Å². The smallest absolute Gasteiger partial charge is 0.238 e. The molecule has 6 heteroatoms. The van der Waals surface area contributed by atoms with Gasteiger partial charge in [-0.05, 0) is 18.8 Å².